The van der Waals surface area contributed by atoms with Crippen molar-refractivity contribution in [3.8, 4) is 0 Å². The van der Waals surface area contributed by atoms with Crippen molar-refractivity contribution in [2.24, 2.45) is 0 Å². The van der Waals surface area contributed by atoms with Crippen LogP contribution in [0.4, 0.5) is 10.1 Å². The lowest BCUT2D eigenvalue weighted by Crippen LogP contribution is -2.06. The normalized spacial score (nSPS) is 19.2. The van der Waals surface area contributed by atoms with Crippen molar-refractivity contribution in [1.82, 2.24) is 0 Å². The van der Waals surface area contributed by atoms with Crippen LogP contribution in [0.25, 0.3) is 0 Å². The molecule has 1 fully saturated rings. The molecule has 0 saturated carbocycles. The highest BCUT2D eigenvalue weighted by Gasteiger charge is 2.35. The summed E-state index contributed by atoms with van der Waals surface area (Å²) in [4.78, 5) is 31.6. The van der Waals surface area contributed by atoms with Gasteiger partial charge in [-0.3, -0.25) is 19.7 Å². The van der Waals surface area contributed by atoms with E-state index in [1.165, 1.54) is 6.07 Å². The summed E-state index contributed by atoms with van der Waals surface area (Å²) in [6.45, 7) is 0. The Balaban J connectivity index is 2.35. The summed E-state index contributed by atoms with van der Waals surface area (Å²) in [5, 5.41) is 10.4. The van der Waals surface area contributed by atoms with Gasteiger partial charge in [-0.15, -0.1) is 0 Å². The van der Waals surface area contributed by atoms with Gasteiger partial charge in [0.1, 0.15) is 0 Å². The molecule has 1 aliphatic rings. The number of nitro benzene ring substituents is 1. The summed E-state index contributed by atoms with van der Waals surface area (Å²) in [7, 11) is 0. The van der Waals surface area contributed by atoms with Crippen molar-refractivity contribution in [2.45, 2.75) is 12.3 Å². The SMILES string of the molecule is O=C1CC(c2ccc([N+](=O)[O-])c(F)c2)C(=O)O1. The Morgan fingerprint density at radius 1 is 1.41 bits per heavy atom. The van der Waals surface area contributed by atoms with Crippen LogP contribution >= 0.6 is 0 Å². The average Bonchev–Trinajstić information content (AvgIpc) is 2.57. The quantitative estimate of drug-likeness (QED) is 0.336. The van der Waals surface area contributed by atoms with Crippen molar-refractivity contribution in [3.05, 3.63) is 39.7 Å². The van der Waals surface area contributed by atoms with Gasteiger partial charge in [-0.2, -0.15) is 4.39 Å². The van der Waals surface area contributed by atoms with Crippen LogP contribution in [0.1, 0.15) is 17.9 Å². The van der Waals surface area contributed by atoms with Gasteiger partial charge in [0.05, 0.1) is 17.3 Å². The van der Waals surface area contributed by atoms with E-state index in [-0.39, 0.29) is 12.0 Å². The molecule has 1 aromatic rings. The van der Waals surface area contributed by atoms with Gasteiger partial charge in [0.25, 0.3) is 0 Å². The van der Waals surface area contributed by atoms with E-state index in [1.54, 1.807) is 0 Å². The number of ether oxygens (including phenoxy) is 1. The van der Waals surface area contributed by atoms with Crippen LogP contribution in [0, 0.1) is 15.9 Å². The predicted octanol–water partition coefficient (Wildman–Crippen LogP) is 1.29. The highest BCUT2D eigenvalue weighted by Crippen LogP contribution is 2.30. The van der Waals surface area contributed by atoms with E-state index in [0.29, 0.717) is 0 Å². The van der Waals surface area contributed by atoms with Crippen LogP contribution in [0.2, 0.25) is 0 Å². The average molecular weight is 239 g/mol. The monoisotopic (exact) mass is 239 g/mol. The fourth-order valence-electron chi connectivity index (χ4n) is 1.62. The van der Waals surface area contributed by atoms with Crippen LogP contribution in [0.15, 0.2) is 18.2 Å². The molecule has 0 bridgehead atoms. The summed E-state index contributed by atoms with van der Waals surface area (Å²) in [6.07, 6.45) is -0.171. The van der Waals surface area contributed by atoms with E-state index in [2.05, 4.69) is 4.74 Å². The second-order valence-electron chi connectivity index (χ2n) is 3.52. The van der Waals surface area contributed by atoms with E-state index in [4.69, 9.17) is 0 Å². The molecular weight excluding hydrogens is 233 g/mol. The number of esters is 2. The van der Waals surface area contributed by atoms with Gasteiger partial charge < -0.3 is 4.74 Å². The number of hydrogen-bond acceptors (Lipinski definition) is 5. The number of carbonyl (C=O) groups is 2. The third kappa shape index (κ3) is 1.99. The largest absolute Gasteiger partial charge is 0.393 e. The Hall–Kier alpha value is -2.31. The van der Waals surface area contributed by atoms with Gasteiger partial charge in [-0.05, 0) is 11.6 Å². The molecule has 1 aromatic carbocycles. The first-order chi connectivity index (χ1) is 7.99. The highest BCUT2D eigenvalue weighted by molar-refractivity contribution is 5.97. The topological polar surface area (TPSA) is 86.5 Å². The molecule has 1 unspecified atom stereocenters. The maximum atomic E-state index is 13.3. The molecule has 1 atom stereocenters. The lowest BCUT2D eigenvalue weighted by atomic mass is 9.97. The van der Waals surface area contributed by atoms with E-state index in [9.17, 15) is 24.1 Å². The maximum absolute atomic E-state index is 13.3. The first kappa shape index (κ1) is 11.2. The molecule has 1 heterocycles. The molecule has 88 valence electrons. The van der Waals surface area contributed by atoms with Crippen molar-refractivity contribution >= 4 is 17.6 Å². The Kier molecular flexibility index (Phi) is 2.58. The molecule has 0 N–H and O–H groups in total. The van der Waals surface area contributed by atoms with Gasteiger partial charge in [0.15, 0.2) is 0 Å². The van der Waals surface area contributed by atoms with Gasteiger partial charge in [0.2, 0.25) is 5.82 Å². The highest BCUT2D eigenvalue weighted by atomic mass is 19.1. The number of nitro groups is 1. The molecule has 17 heavy (non-hydrogen) atoms. The first-order valence-electron chi connectivity index (χ1n) is 4.67. The minimum Gasteiger partial charge on any atom is -0.393 e. The molecule has 0 aromatic heterocycles. The second kappa shape index (κ2) is 3.93. The van der Waals surface area contributed by atoms with Crippen molar-refractivity contribution in [1.29, 1.82) is 0 Å². The maximum Gasteiger partial charge on any atom is 0.321 e. The van der Waals surface area contributed by atoms with Crippen LogP contribution < -0.4 is 0 Å². The summed E-state index contributed by atoms with van der Waals surface area (Å²) < 4.78 is 17.6. The zero-order valence-electron chi connectivity index (χ0n) is 8.38. The molecule has 6 nitrogen and oxygen atoms in total. The number of benzene rings is 1. The van der Waals surface area contributed by atoms with Gasteiger partial charge in [-0.25, -0.2) is 0 Å². The Morgan fingerprint density at radius 3 is 2.59 bits per heavy atom. The zero-order chi connectivity index (χ0) is 12.6. The van der Waals surface area contributed by atoms with Crippen LogP contribution in [0.5, 0.6) is 0 Å². The second-order valence-corrected chi connectivity index (χ2v) is 3.52. The van der Waals surface area contributed by atoms with Crippen LogP contribution in [-0.4, -0.2) is 16.9 Å². The molecule has 2 rings (SSSR count). The predicted molar refractivity (Wildman–Crippen MR) is 51.5 cm³/mol. The molecule has 1 saturated heterocycles. The van der Waals surface area contributed by atoms with E-state index in [0.717, 1.165) is 12.1 Å². The molecule has 0 spiro atoms. The number of rotatable bonds is 2. The van der Waals surface area contributed by atoms with Gasteiger partial charge >= 0.3 is 17.6 Å². The summed E-state index contributed by atoms with van der Waals surface area (Å²) in [6, 6.07) is 3.08. The minimum absolute atomic E-state index is 0.171. The standard InChI is InChI=1S/C10H6FNO5/c11-7-3-5(1-2-8(7)12(15)16)6-4-9(13)17-10(6)14/h1-3,6H,4H2. The van der Waals surface area contributed by atoms with E-state index < -0.39 is 34.3 Å². The van der Waals surface area contributed by atoms with E-state index in [1.807, 2.05) is 0 Å². The lowest BCUT2D eigenvalue weighted by molar-refractivity contribution is -0.387. The molecule has 0 aliphatic carbocycles. The smallest absolute Gasteiger partial charge is 0.321 e. The fraction of sp³-hybridized carbons (Fsp3) is 0.200. The van der Waals surface area contributed by atoms with Crippen molar-refractivity contribution < 1.29 is 23.6 Å². The first-order valence-corrected chi connectivity index (χ1v) is 4.67. The fourth-order valence-corrected chi connectivity index (χ4v) is 1.62. The summed E-state index contributed by atoms with van der Waals surface area (Å²) >= 11 is 0. The number of carbonyl (C=O) groups excluding carboxylic acids is 2. The number of cyclic esters (lactones) is 2. The molecule has 7 heteroatoms. The summed E-state index contributed by atoms with van der Waals surface area (Å²) in [5.41, 5.74) is -0.476. The lowest BCUT2D eigenvalue weighted by Gasteiger charge is -2.04. The minimum atomic E-state index is -1.04. The third-order valence-electron chi connectivity index (χ3n) is 2.44. The van der Waals surface area contributed by atoms with Gasteiger partial charge in [-0.1, -0.05) is 6.07 Å². The van der Waals surface area contributed by atoms with Crippen molar-refractivity contribution in [2.75, 3.05) is 0 Å². The van der Waals surface area contributed by atoms with Crippen LogP contribution in [0.3, 0.4) is 0 Å². The molecule has 0 amide bonds. The van der Waals surface area contributed by atoms with Gasteiger partial charge in [0, 0.05) is 6.07 Å². The Bertz CT molecular complexity index is 527. The Labute approximate surface area is 94.1 Å². The summed E-state index contributed by atoms with van der Waals surface area (Å²) in [5.74, 6) is -3.36. The third-order valence-corrected chi connectivity index (χ3v) is 2.44. The van der Waals surface area contributed by atoms with Crippen LogP contribution in [-0.2, 0) is 14.3 Å². The zero-order valence-corrected chi connectivity index (χ0v) is 8.38. The molecule has 1 aliphatic heterocycles. The molecule has 0 radical (unpaired) electrons. The van der Waals surface area contributed by atoms with E-state index >= 15 is 0 Å². The number of hydrogen-bond donors (Lipinski definition) is 0. The number of halogens is 1. The molecular formula is C10H6FNO5. The van der Waals surface area contributed by atoms with Crippen molar-refractivity contribution in [3.63, 3.8) is 0 Å². The number of nitrogens with zero attached hydrogens (tertiary/aromatic N) is 1. The Morgan fingerprint density at radius 2 is 2.12 bits per heavy atom.